The second-order valence-corrected chi connectivity index (χ2v) is 13.4. The zero-order chi connectivity index (χ0) is 38.0. The van der Waals surface area contributed by atoms with Gasteiger partial charge in [0.1, 0.15) is 0 Å². The lowest BCUT2D eigenvalue weighted by Gasteiger charge is -2.14. The van der Waals surface area contributed by atoms with E-state index in [1.807, 2.05) is 30.3 Å². The molecule has 0 aliphatic rings. The lowest BCUT2D eigenvalue weighted by Crippen LogP contribution is -2.03. The standard InChI is InChI=1S/C52H43N3/c1-5-7-12-21-37(3)38(4)30-39(6-2)50-53-51(48-33-44(40-22-13-8-14-23-40)31-45(34-48)41-24-15-9-16-25-41)55-52(54-50)49-35-46(42-26-17-10-18-27-42)32-47(36-49)43-28-19-11-20-29-43/h6-36H,2,4-5H2,1,3H3/b12-7-,37-21+,39-30+. The molecule has 266 valence electrons. The topological polar surface area (TPSA) is 38.7 Å². The van der Waals surface area contributed by atoms with Crippen LogP contribution in [0.5, 0.6) is 0 Å². The van der Waals surface area contributed by atoms with Crippen molar-refractivity contribution in [3.05, 3.63) is 218 Å². The first-order chi connectivity index (χ1) is 27.0. The maximum Gasteiger partial charge on any atom is 0.164 e. The largest absolute Gasteiger partial charge is 0.208 e. The van der Waals surface area contributed by atoms with E-state index in [9.17, 15) is 0 Å². The third-order valence-electron chi connectivity index (χ3n) is 9.48. The molecule has 1 heterocycles. The van der Waals surface area contributed by atoms with Crippen molar-refractivity contribution in [3.8, 4) is 67.3 Å². The minimum atomic E-state index is 0.519. The summed E-state index contributed by atoms with van der Waals surface area (Å²) in [4.78, 5) is 15.6. The molecule has 0 aliphatic heterocycles. The summed E-state index contributed by atoms with van der Waals surface area (Å²) < 4.78 is 0. The van der Waals surface area contributed by atoms with Crippen LogP contribution in [0.15, 0.2) is 212 Å². The molecule has 1 aromatic heterocycles. The van der Waals surface area contributed by atoms with Gasteiger partial charge in [-0.25, -0.2) is 15.0 Å². The minimum Gasteiger partial charge on any atom is -0.208 e. The van der Waals surface area contributed by atoms with Crippen LogP contribution >= 0.6 is 0 Å². The molecule has 3 nitrogen and oxygen atoms in total. The number of rotatable bonds is 12. The van der Waals surface area contributed by atoms with Gasteiger partial charge in [0.05, 0.1) is 0 Å². The van der Waals surface area contributed by atoms with Crippen LogP contribution in [0.1, 0.15) is 26.1 Å². The van der Waals surface area contributed by atoms with E-state index in [1.54, 1.807) is 6.08 Å². The average Bonchev–Trinajstić information content (AvgIpc) is 3.26. The molecular formula is C52H43N3. The Bertz CT molecular complexity index is 2270. The summed E-state index contributed by atoms with van der Waals surface area (Å²) in [5.41, 5.74) is 13.2. The van der Waals surface area contributed by atoms with E-state index in [0.717, 1.165) is 78.8 Å². The molecular weight excluding hydrogens is 667 g/mol. The minimum absolute atomic E-state index is 0.519. The molecule has 0 spiro atoms. The number of aromatic nitrogens is 3. The summed E-state index contributed by atoms with van der Waals surface area (Å²) in [6.45, 7) is 12.8. The second-order valence-electron chi connectivity index (χ2n) is 13.4. The highest BCUT2D eigenvalue weighted by Gasteiger charge is 2.17. The monoisotopic (exact) mass is 709 g/mol. The smallest absolute Gasteiger partial charge is 0.164 e. The summed E-state index contributed by atoms with van der Waals surface area (Å²) in [5, 5.41) is 0. The van der Waals surface area contributed by atoms with Crippen molar-refractivity contribution in [2.75, 3.05) is 0 Å². The summed E-state index contributed by atoms with van der Waals surface area (Å²) in [6.07, 6.45) is 11.0. The summed E-state index contributed by atoms with van der Waals surface area (Å²) in [7, 11) is 0. The van der Waals surface area contributed by atoms with Gasteiger partial charge in [-0.1, -0.05) is 166 Å². The Balaban J connectivity index is 1.47. The van der Waals surface area contributed by atoms with Gasteiger partial charge in [0.25, 0.3) is 0 Å². The molecule has 0 fully saturated rings. The fourth-order valence-corrected chi connectivity index (χ4v) is 6.44. The Morgan fingerprint density at radius 2 is 0.873 bits per heavy atom. The van der Waals surface area contributed by atoms with E-state index < -0.39 is 0 Å². The van der Waals surface area contributed by atoms with Crippen LogP contribution < -0.4 is 0 Å². The van der Waals surface area contributed by atoms with E-state index in [1.165, 1.54) is 0 Å². The average molecular weight is 710 g/mol. The molecule has 7 aromatic rings. The van der Waals surface area contributed by atoms with E-state index >= 15 is 0 Å². The van der Waals surface area contributed by atoms with E-state index in [2.05, 4.69) is 179 Å². The molecule has 0 saturated carbocycles. The number of nitrogens with zero attached hydrogens (tertiary/aromatic N) is 3. The maximum atomic E-state index is 5.27. The Morgan fingerprint density at radius 1 is 0.509 bits per heavy atom. The highest BCUT2D eigenvalue weighted by atomic mass is 15.0. The summed E-state index contributed by atoms with van der Waals surface area (Å²) in [5.74, 6) is 1.65. The molecule has 0 bridgehead atoms. The van der Waals surface area contributed by atoms with Crippen LogP contribution in [0, 0.1) is 0 Å². The van der Waals surface area contributed by atoms with Crippen LogP contribution in [0.2, 0.25) is 0 Å². The lowest BCUT2D eigenvalue weighted by molar-refractivity contribution is 1.04. The van der Waals surface area contributed by atoms with Gasteiger partial charge >= 0.3 is 0 Å². The quantitative estimate of drug-likeness (QED) is 0.119. The molecule has 0 radical (unpaired) electrons. The predicted octanol–water partition coefficient (Wildman–Crippen LogP) is 13.9. The van der Waals surface area contributed by atoms with Crippen LogP contribution in [0.3, 0.4) is 0 Å². The molecule has 0 aliphatic carbocycles. The summed E-state index contributed by atoms with van der Waals surface area (Å²) >= 11 is 0. The molecule has 0 amide bonds. The molecule has 0 atom stereocenters. The van der Waals surface area contributed by atoms with Crippen LogP contribution in [0.25, 0.3) is 72.9 Å². The van der Waals surface area contributed by atoms with E-state index in [-0.39, 0.29) is 0 Å². The number of allylic oxidation sites excluding steroid dienone is 8. The molecule has 55 heavy (non-hydrogen) atoms. The SMILES string of the molecule is C=C/C(=C\C(=C)/C(C)=C/C=C\CC)c1nc(-c2cc(-c3ccccc3)cc(-c3ccccc3)c2)nc(-c2cc(-c3ccccc3)cc(-c3ccccc3)c2)n1. The summed E-state index contributed by atoms with van der Waals surface area (Å²) in [6, 6.07) is 54.9. The van der Waals surface area contributed by atoms with Gasteiger partial charge < -0.3 is 0 Å². The predicted molar refractivity (Wildman–Crippen MR) is 233 cm³/mol. The Labute approximate surface area is 325 Å². The van der Waals surface area contributed by atoms with Crippen molar-refractivity contribution in [1.82, 2.24) is 15.0 Å². The fourth-order valence-electron chi connectivity index (χ4n) is 6.44. The first-order valence-corrected chi connectivity index (χ1v) is 18.6. The first-order valence-electron chi connectivity index (χ1n) is 18.6. The normalized spacial score (nSPS) is 11.8. The number of hydrogen-bond acceptors (Lipinski definition) is 3. The number of benzene rings is 6. The third kappa shape index (κ3) is 8.81. The molecule has 0 N–H and O–H groups in total. The molecule has 0 unspecified atom stereocenters. The molecule has 7 rings (SSSR count). The van der Waals surface area contributed by atoms with E-state index in [0.29, 0.717) is 17.5 Å². The van der Waals surface area contributed by atoms with Crippen molar-refractivity contribution < 1.29 is 0 Å². The highest BCUT2D eigenvalue weighted by Crippen LogP contribution is 2.35. The van der Waals surface area contributed by atoms with Crippen molar-refractivity contribution >= 4 is 5.57 Å². The van der Waals surface area contributed by atoms with Crippen molar-refractivity contribution in [2.24, 2.45) is 0 Å². The highest BCUT2D eigenvalue weighted by molar-refractivity contribution is 5.83. The van der Waals surface area contributed by atoms with E-state index in [4.69, 9.17) is 15.0 Å². The Morgan fingerprint density at radius 3 is 1.22 bits per heavy atom. The molecule has 6 aromatic carbocycles. The zero-order valence-electron chi connectivity index (χ0n) is 31.4. The Kier molecular flexibility index (Phi) is 11.4. The lowest BCUT2D eigenvalue weighted by atomic mass is 9.95. The maximum absolute atomic E-state index is 5.27. The van der Waals surface area contributed by atoms with Crippen LogP contribution in [-0.4, -0.2) is 15.0 Å². The Hall–Kier alpha value is -6.97. The van der Waals surface area contributed by atoms with Gasteiger partial charge in [0, 0.05) is 16.7 Å². The van der Waals surface area contributed by atoms with Gasteiger partial charge in [-0.2, -0.15) is 0 Å². The van der Waals surface area contributed by atoms with Gasteiger partial charge in [-0.15, -0.1) is 0 Å². The molecule has 3 heteroatoms. The molecule has 0 saturated heterocycles. The van der Waals surface area contributed by atoms with Gasteiger partial charge in [-0.05, 0) is 111 Å². The van der Waals surface area contributed by atoms with Crippen molar-refractivity contribution in [1.29, 1.82) is 0 Å². The zero-order valence-corrected chi connectivity index (χ0v) is 31.4. The van der Waals surface area contributed by atoms with Crippen LogP contribution in [0.4, 0.5) is 0 Å². The number of hydrogen-bond donors (Lipinski definition) is 0. The van der Waals surface area contributed by atoms with Gasteiger partial charge in [0.2, 0.25) is 0 Å². The third-order valence-corrected chi connectivity index (χ3v) is 9.48. The fraction of sp³-hybridized carbons (Fsp3) is 0.0577. The van der Waals surface area contributed by atoms with Gasteiger partial charge in [-0.3, -0.25) is 0 Å². The van der Waals surface area contributed by atoms with Gasteiger partial charge in [0.15, 0.2) is 17.5 Å². The van der Waals surface area contributed by atoms with Crippen molar-refractivity contribution in [2.45, 2.75) is 20.3 Å². The first kappa shape index (κ1) is 36.4. The van der Waals surface area contributed by atoms with Crippen LogP contribution in [-0.2, 0) is 0 Å². The second kappa shape index (κ2) is 17.2. The van der Waals surface area contributed by atoms with Crippen molar-refractivity contribution in [3.63, 3.8) is 0 Å².